The molecule has 4 heteroatoms. The summed E-state index contributed by atoms with van der Waals surface area (Å²) in [4.78, 5) is 0. The van der Waals surface area contributed by atoms with Crippen molar-refractivity contribution in [2.75, 3.05) is 20.3 Å². The molecule has 0 aromatic carbocycles. The van der Waals surface area contributed by atoms with E-state index in [1.807, 2.05) is 13.8 Å². The summed E-state index contributed by atoms with van der Waals surface area (Å²) in [5.74, 6) is 0. The van der Waals surface area contributed by atoms with E-state index in [1.165, 1.54) is 0 Å². The zero-order valence-corrected chi connectivity index (χ0v) is 7.44. The molecule has 0 unspecified atom stereocenters. The second-order valence-electron chi connectivity index (χ2n) is 1.98. The number of hydrogen-bond donors (Lipinski definition) is 0. The molecule has 0 aromatic heterocycles. The van der Waals surface area contributed by atoms with Gasteiger partial charge in [0.2, 0.25) is 0 Å². The van der Waals surface area contributed by atoms with E-state index in [4.69, 9.17) is 8.92 Å². The summed E-state index contributed by atoms with van der Waals surface area (Å²) in [5, 5.41) is 0. The second kappa shape index (κ2) is 7.34. The number of rotatable bonds is 6. The fraction of sp³-hybridized carbons (Fsp3) is 1.00. The summed E-state index contributed by atoms with van der Waals surface area (Å²) in [6.45, 7) is 5.16. The summed E-state index contributed by atoms with van der Waals surface area (Å²) >= 11 is 0.980. The fourth-order valence-corrected chi connectivity index (χ4v) is 0.632. The predicted molar refractivity (Wildman–Crippen MR) is 41.6 cm³/mol. The monoisotopic (exact) mass is 166 g/mol. The minimum Gasteiger partial charge on any atom is -0.376 e. The zero-order valence-electron chi connectivity index (χ0n) is 6.62. The Morgan fingerprint density at radius 3 is 2.50 bits per heavy atom. The molecule has 0 amide bonds. The predicted octanol–water partition coefficient (Wildman–Crippen LogP) is 1.64. The highest BCUT2D eigenvalue weighted by atomic mass is 32.2. The van der Waals surface area contributed by atoms with Crippen molar-refractivity contribution in [1.82, 2.24) is 0 Å². The molecule has 0 bridgehead atoms. The minimum atomic E-state index is 0.274. The first-order valence-electron chi connectivity index (χ1n) is 3.21. The van der Waals surface area contributed by atoms with Gasteiger partial charge in [-0.3, -0.25) is 8.37 Å². The third-order valence-electron chi connectivity index (χ3n) is 0.734. The summed E-state index contributed by atoms with van der Waals surface area (Å²) in [5.41, 5.74) is 0. The van der Waals surface area contributed by atoms with Crippen LogP contribution in [0.1, 0.15) is 13.8 Å². The molecule has 0 aliphatic heterocycles. The lowest BCUT2D eigenvalue weighted by atomic mass is 10.5. The van der Waals surface area contributed by atoms with Crippen LogP contribution in [0.5, 0.6) is 0 Å². The van der Waals surface area contributed by atoms with Gasteiger partial charge in [-0.15, -0.1) is 0 Å². The minimum absolute atomic E-state index is 0.274. The molecule has 0 heterocycles. The highest BCUT2D eigenvalue weighted by molar-refractivity contribution is 7.89. The molecule has 0 aliphatic carbocycles. The first-order valence-corrected chi connectivity index (χ1v) is 3.88. The normalized spacial score (nSPS) is 10.8. The van der Waals surface area contributed by atoms with Crippen LogP contribution in [-0.2, 0) is 13.1 Å². The van der Waals surface area contributed by atoms with Crippen LogP contribution in [0.25, 0.3) is 0 Å². The van der Waals surface area contributed by atoms with E-state index in [0.717, 1.165) is 12.3 Å². The number of ether oxygens (including phenoxy) is 1. The lowest BCUT2D eigenvalue weighted by Gasteiger charge is -2.05. The Morgan fingerprint density at radius 1 is 1.30 bits per heavy atom. The highest BCUT2D eigenvalue weighted by Gasteiger charge is 1.92. The molecule has 0 aliphatic rings. The van der Waals surface area contributed by atoms with Gasteiger partial charge in [-0.2, -0.15) is 0 Å². The SMILES string of the molecule is COSOCCOC(C)C. The molecule has 10 heavy (non-hydrogen) atoms. The molecule has 0 atom stereocenters. The second-order valence-corrected chi connectivity index (χ2v) is 2.68. The van der Waals surface area contributed by atoms with Crippen LogP contribution < -0.4 is 0 Å². The van der Waals surface area contributed by atoms with Gasteiger partial charge >= 0.3 is 0 Å². The van der Waals surface area contributed by atoms with Gasteiger partial charge in [0.1, 0.15) is 0 Å². The van der Waals surface area contributed by atoms with Crippen molar-refractivity contribution in [2.45, 2.75) is 20.0 Å². The van der Waals surface area contributed by atoms with E-state index in [1.54, 1.807) is 7.11 Å². The van der Waals surface area contributed by atoms with E-state index < -0.39 is 0 Å². The Balaban J connectivity index is 2.77. The maximum atomic E-state index is 5.19. The molecule has 0 N–H and O–H groups in total. The maximum absolute atomic E-state index is 5.19. The van der Waals surface area contributed by atoms with E-state index in [0.29, 0.717) is 13.2 Å². The van der Waals surface area contributed by atoms with Crippen molar-refractivity contribution in [1.29, 1.82) is 0 Å². The Labute approximate surface area is 66.4 Å². The van der Waals surface area contributed by atoms with E-state index in [9.17, 15) is 0 Å². The molecular formula is C6H14O3S. The molecule has 3 nitrogen and oxygen atoms in total. The van der Waals surface area contributed by atoms with Crippen molar-refractivity contribution in [3.05, 3.63) is 0 Å². The standard InChI is InChI=1S/C6H14O3S/c1-6(2)8-4-5-9-10-7-3/h6H,4-5H2,1-3H3. The van der Waals surface area contributed by atoms with Crippen molar-refractivity contribution < 1.29 is 13.1 Å². The van der Waals surface area contributed by atoms with Gasteiger partial charge in [0, 0.05) is 0 Å². The molecule has 0 saturated carbocycles. The largest absolute Gasteiger partial charge is 0.376 e. The van der Waals surface area contributed by atoms with Gasteiger partial charge in [0.05, 0.1) is 26.4 Å². The van der Waals surface area contributed by atoms with Crippen LogP contribution in [0.2, 0.25) is 0 Å². The van der Waals surface area contributed by atoms with Crippen molar-refractivity contribution in [3.8, 4) is 0 Å². The topological polar surface area (TPSA) is 27.7 Å². The Morgan fingerprint density at radius 2 is 2.00 bits per heavy atom. The Bertz CT molecular complexity index is 68.0. The van der Waals surface area contributed by atoms with Crippen molar-refractivity contribution >= 4 is 12.3 Å². The fourth-order valence-electron chi connectivity index (χ4n) is 0.400. The lowest BCUT2D eigenvalue weighted by molar-refractivity contribution is 0.0579. The quantitative estimate of drug-likeness (QED) is 0.443. The molecular weight excluding hydrogens is 152 g/mol. The van der Waals surface area contributed by atoms with E-state index >= 15 is 0 Å². The van der Waals surface area contributed by atoms with Crippen molar-refractivity contribution in [3.63, 3.8) is 0 Å². The maximum Gasteiger partial charge on any atom is 0.158 e. The van der Waals surface area contributed by atoms with E-state index in [-0.39, 0.29) is 6.10 Å². The summed E-state index contributed by atoms with van der Waals surface area (Å²) < 4.78 is 14.7. The summed E-state index contributed by atoms with van der Waals surface area (Å²) in [7, 11) is 1.56. The summed E-state index contributed by atoms with van der Waals surface area (Å²) in [6, 6.07) is 0. The van der Waals surface area contributed by atoms with Crippen LogP contribution in [0.15, 0.2) is 0 Å². The third kappa shape index (κ3) is 8.23. The average Bonchev–Trinajstić information content (AvgIpc) is 1.87. The van der Waals surface area contributed by atoms with Crippen LogP contribution in [0, 0.1) is 0 Å². The van der Waals surface area contributed by atoms with Crippen LogP contribution >= 0.6 is 12.3 Å². The molecule has 0 aromatic rings. The van der Waals surface area contributed by atoms with Gasteiger partial charge < -0.3 is 4.74 Å². The molecule has 0 fully saturated rings. The Kier molecular flexibility index (Phi) is 7.51. The van der Waals surface area contributed by atoms with Gasteiger partial charge in [-0.1, -0.05) is 0 Å². The molecule has 0 saturated heterocycles. The third-order valence-corrected chi connectivity index (χ3v) is 1.13. The van der Waals surface area contributed by atoms with Gasteiger partial charge in [0.25, 0.3) is 0 Å². The van der Waals surface area contributed by atoms with Crippen LogP contribution in [-0.4, -0.2) is 26.4 Å². The summed E-state index contributed by atoms with van der Waals surface area (Å²) in [6.07, 6.45) is 0.274. The first-order chi connectivity index (χ1) is 4.77. The average molecular weight is 166 g/mol. The number of hydrogen-bond acceptors (Lipinski definition) is 4. The molecule has 0 radical (unpaired) electrons. The van der Waals surface area contributed by atoms with Crippen LogP contribution in [0.3, 0.4) is 0 Å². The smallest absolute Gasteiger partial charge is 0.158 e. The molecule has 62 valence electrons. The van der Waals surface area contributed by atoms with Gasteiger partial charge in [-0.05, 0) is 13.8 Å². The van der Waals surface area contributed by atoms with Crippen LogP contribution in [0.4, 0.5) is 0 Å². The van der Waals surface area contributed by atoms with E-state index in [2.05, 4.69) is 4.18 Å². The Hall–Kier alpha value is 0.230. The van der Waals surface area contributed by atoms with Gasteiger partial charge in [-0.25, -0.2) is 0 Å². The molecule has 0 spiro atoms. The van der Waals surface area contributed by atoms with Gasteiger partial charge in [0.15, 0.2) is 12.3 Å². The van der Waals surface area contributed by atoms with Crippen molar-refractivity contribution in [2.24, 2.45) is 0 Å². The highest BCUT2D eigenvalue weighted by Crippen LogP contribution is 2.00. The zero-order chi connectivity index (χ0) is 7.82. The first kappa shape index (κ1) is 10.2. The molecule has 0 rings (SSSR count). The lowest BCUT2D eigenvalue weighted by Crippen LogP contribution is -2.07.